The molecule has 1 aliphatic heterocycles. The number of piperidine rings is 1. The molecular formula is C32H43N5O5. The van der Waals surface area contributed by atoms with Crippen LogP contribution in [0.5, 0.6) is 23.0 Å². The summed E-state index contributed by atoms with van der Waals surface area (Å²) in [7, 11) is 8.20. The van der Waals surface area contributed by atoms with E-state index in [1.54, 1.807) is 12.1 Å². The third kappa shape index (κ3) is 7.17. The molecule has 42 heavy (non-hydrogen) atoms. The van der Waals surface area contributed by atoms with Crippen LogP contribution in [-0.4, -0.2) is 91.0 Å². The second-order valence-electron chi connectivity index (χ2n) is 12.1. The monoisotopic (exact) mass is 577 g/mol. The second kappa shape index (κ2) is 13.0. The Morgan fingerprint density at radius 1 is 1.00 bits per heavy atom. The molecule has 2 aliphatic rings. The summed E-state index contributed by atoms with van der Waals surface area (Å²) in [6.45, 7) is 3.14. The zero-order chi connectivity index (χ0) is 29.8. The molecule has 1 saturated heterocycles. The number of amides is 1. The van der Waals surface area contributed by atoms with E-state index in [9.17, 15) is 15.0 Å². The number of nitrogens with zero attached hydrogens (tertiary/aromatic N) is 4. The Bertz CT molecular complexity index is 1340. The Morgan fingerprint density at radius 3 is 2.33 bits per heavy atom. The van der Waals surface area contributed by atoms with Crippen LogP contribution in [0.25, 0.3) is 11.3 Å². The number of ether oxygens (including phenoxy) is 1. The summed E-state index contributed by atoms with van der Waals surface area (Å²) in [5.41, 5.74) is 1.32. The summed E-state index contributed by atoms with van der Waals surface area (Å²) < 4.78 is 11.5. The summed E-state index contributed by atoms with van der Waals surface area (Å²) in [6, 6.07) is 12.2. The van der Waals surface area contributed by atoms with Gasteiger partial charge >= 0.3 is 0 Å². The maximum Gasteiger partial charge on any atom is 0.273 e. The number of rotatable bonds is 9. The minimum Gasteiger partial charge on any atom is -0.508 e. The van der Waals surface area contributed by atoms with Crippen LogP contribution in [0.3, 0.4) is 0 Å². The molecule has 5 rings (SSSR count). The molecule has 1 aliphatic carbocycles. The van der Waals surface area contributed by atoms with Gasteiger partial charge in [-0.2, -0.15) is 0 Å². The Balaban J connectivity index is 1.19. The maximum absolute atomic E-state index is 13.1. The van der Waals surface area contributed by atoms with Crippen molar-refractivity contribution in [2.75, 3.05) is 52.7 Å². The van der Waals surface area contributed by atoms with Gasteiger partial charge in [-0.25, -0.2) is 0 Å². The van der Waals surface area contributed by atoms with Crippen molar-refractivity contribution in [2.45, 2.75) is 50.6 Å². The highest BCUT2D eigenvalue weighted by molar-refractivity contribution is 5.93. The number of anilines is 1. The average Bonchev–Trinajstić information content (AvgIpc) is 3.43. The largest absolute Gasteiger partial charge is 0.508 e. The first-order chi connectivity index (χ1) is 20.2. The van der Waals surface area contributed by atoms with Crippen LogP contribution in [0, 0.1) is 5.92 Å². The van der Waals surface area contributed by atoms with Gasteiger partial charge in [-0.1, -0.05) is 5.16 Å². The van der Waals surface area contributed by atoms with Crippen LogP contribution in [0.4, 0.5) is 5.69 Å². The van der Waals surface area contributed by atoms with E-state index in [2.05, 4.69) is 34.4 Å². The molecule has 0 atom stereocenters. The summed E-state index contributed by atoms with van der Waals surface area (Å²) in [6.07, 6.45) is 6.90. The summed E-state index contributed by atoms with van der Waals surface area (Å²) in [5.74, 6) is 0.933. The normalized spacial score (nSPS) is 20.0. The molecule has 3 aromatic rings. The molecule has 10 nitrogen and oxygen atoms in total. The van der Waals surface area contributed by atoms with Gasteiger partial charge in [0.05, 0.1) is 0 Å². The van der Waals surface area contributed by atoms with E-state index >= 15 is 0 Å². The zero-order valence-electron chi connectivity index (χ0n) is 25.0. The SMILES string of the molecule is CN(C)CC1CCC(N2CCC(NC(=O)c3cc(-c4c(O)cc(O)cc4Oc4ccc(N(C)C)cc4)on3)CC2)CC1. The molecule has 2 heterocycles. The van der Waals surface area contributed by atoms with Crippen molar-refractivity contribution in [1.29, 1.82) is 0 Å². The van der Waals surface area contributed by atoms with Crippen molar-refractivity contribution in [3.8, 4) is 34.3 Å². The van der Waals surface area contributed by atoms with E-state index in [1.807, 2.05) is 31.1 Å². The van der Waals surface area contributed by atoms with Gasteiger partial charge in [0.2, 0.25) is 0 Å². The van der Waals surface area contributed by atoms with Gasteiger partial charge in [0.15, 0.2) is 11.5 Å². The Labute approximate surface area is 247 Å². The lowest BCUT2D eigenvalue weighted by Gasteiger charge is -2.41. The van der Waals surface area contributed by atoms with E-state index in [1.165, 1.54) is 50.4 Å². The van der Waals surface area contributed by atoms with E-state index in [0.717, 1.165) is 37.5 Å². The number of phenolic OH excluding ortho intramolecular Hbond substituents is 2. The van der Waals surface area contributed by atoms with Crippen molar-refractivity contribution >= 4 is 11.6 Å². The molecule has 226 valence electrons. The Morgan fingerprint density at radius 2 is 1.69 bits per heavy atom. The summed E-state index contributed by atoms with van der Waals surface area (Å²) >= 11 is 0. The van der Waals surface area contributed by atoms with Gasteiger partial charge in [-0.05, 0) is 82.8 Å². The Hall–Kier alpha value is -3.76. The number of nitrogens with one attached hydrogen (secondary N) is 1. The number of carbonyl (C=O) groups is 1. The van der Waals surface area contributed by atoms with Gasteiger partial charge < -0.3 is 39.5 Å². The number of hydrogen-bond donors (Lipinski definition) is 3. The number of aromatic hydroxyl groups is 2. The fourth-order valence-electron chi connectivity index (χ4n) is 6.23. The topological polar surface area (TPSA) is 115 Å². The van der Waals surface area contributed by atoms with Crippen LogP contribution in [-0.2, 0) is 0 Å². The van der Waals surface area contributed by atoms with Gasteiger partial charge in [0, 0.05) is 69.7 Å². The fraction of sp³-hybridized carbons (Fsp3) is 0.500. The smallest absolute Gasteiger partial charge is 0.273 e. The Kier molecular flexibility index (Phi) is 9.23. The quantitative estimate of drug-likeness (QED) is 0.326. The van der Waals surface area contributed by atoms with Crippen LogP contribution in [0.1, 0.15) is 49.0 Å². The maximum atomic E-state index is 13.1. The lowest BCUT2D eigenvalue weighted by Crippen LogP contribution is -2.49. The number of phenols is 2. The van der Waals surface area contributed by atoms with E-state index in [4.69, 9.17) is 9.26 Å². The van der Waals surface area contributed by atoms with Gasteiger partial charge in [0.25, 0.3) is 5.91 Å². The van der Waals surface area contributed by atoms with Gasteiger partial charge in [-0.3, -0.25) is 4.79 Å². The molecule has 0 spiro atoms. The standard InChI is InChI=1S/C32H43N5O5/c1-35(2)20-21-5-7-24(8-6-21)37-15-13-22(14-16-37)33-32(40)27-19-30(42-34-27)31-28(39)17-25(38)18-29(31)41-26-11-9-23(10-12-26)36(3)4/h9-12,17-19,21-22,24,38-39H,5-8,13-16,20H2,1-4H3,(H,33,40). The third-order valence-electron chi connectivity index (χ3n) is 8.46. The van der Waals surface area contributed by atoms with Crippen LogP contribution >= 0.6 is 0 Å². The second-order valence-corrected chi connectivity index (χ2v) is 12.1. The predicted octanol–water partition coefficient (Wildman–Crippen LogP) is 4.93. The fourth-order valence-corrected chi connectivity index (χ4v) is 6.23. The summed E-state index contributed by atoms with van der Waals surface area (Å²) in [5, 5.41) is 27.9. The van der Waals surface area contributed by atoms with Crippen molar-refractivity contribution in [3.63, 3.8) is 0 Å². The molecule has 0 unspecified atom stereocenters. The minimum atomic E-state index is -0.312. The van der Waals surface area contributed by atoms with Crippen molar-refractivity contribution in [1.82, 2.24) is 20.3 Å². The number of benzene rings is 2. The molecule has 0 bridgehead atoms. The van der Waals surface area contributed by atoms with Gasteiger partial charge in [-0.15, -0.1) is 0 Å². The van der Waals surface area contributed by atoms with Crippen molar-refractivity contribution in [2.24, 2.45) is 5.92 Å². The number of carbonyl (C=O) groups excluding carboxylic acids is 1. The van der Waals surface area contributed by atoms with Crippen LogP contribution in [0.15, 0.2) is 47.0 Å². The first kappa shape index (κ1) is 29.7. The minimum absolute atomic E-state index is 0.0742. The molecular weight excluding hydrogens is 534 g/mol. The van der Waals surface area contributed by atoms with Gasteiger partial charge in [0.1, 0.15) is 28.6 Å². The van der Waals surface area contributed by atoms with Crippen molar-refractivity contribution in [3.05, 3.63) is 48.2 Å². The highest BCUT2D eigenvalue weighted by atomic mass is 16.5. The van der Waals surface area contributed by atoms with E-state index in [-0.39, 0.29) is 46.2 Å². The molecule has 3 N–H and O–H groups in total. The van der Waals surface area contributed by atoms with Crippen molar-refractivity contribution < 1.29 is 24.3 Å². The lowest BCUT2D eigenvalue weighted by atomic mass is 9.84. The molecule has 0 radical (unpaired) electrons. The van der Waals surface area contributed by atoms with E-state index in [0.29, 0.717) is 11.8 Å². The molecule has 1 saturated carbocycles. The molecule has 2 fully saturated rings. The third-order valence-corrected chi connectivity index (χ3v) is 8.46. The highest BCUT2D eigenvalue weighted by Crippen LogP contribution is 2.43. The summed E-state index contributed by atoms with van der Waals surface area (Å²) in [4.78, 5) is 19.9. The number of aromatic nitrogens is 1. The average molecular weight is 578 g/mol. The molecule has 1 aromatic heterocycles. The molecule has 10 heteroatoms. The van der Waals surface area contributed by atoms with Crippen LogP contribution in [0.2, 0.25) is 0 Å². The highest BCUT2D eigenvalue weighted by Gasteiger charge is 2.30. The molecule has 2 aromatic carbocycles. The lowest BCUT2D eigenvalue weighted by molar-refractivity contribution is 0.0817. The first-order valence-corrected chi connectivity index (χ1v) is 14.8. The first-order valence-electron chi connectivity index (χ1n) is 14.8. The predicted molar refractivity (Wildman–Crippen MR) is 162 cm³/mol. The number of hydrogen-bond acceptors (Lipinski definition) is 9. The van der Waals surface area contributed by atoms with Crippen LogP contribution < -0.4 is 15.0 Å². The molecule has 1 amide bonds. The van der Waals surface area contributed by atoms with E-state index < -0.39 is 0 Å². The number of likely N-dealkylation sites (tertiary alicyclic amines) is 1. The zero-order valence-corrected chi connectivity index (χ0v) is 25.0.